The Kier molecular flexibility index (Phi) is 4.73. The molecule has 1 aromatic rings. The smallest absolute Gasteiger partial charge is 0.319 e. The third kappa shape index (κ3) is 3.67. The third-order valence-corrected chi connectivity index (χ3v) is 3.58. The van der Waals surface area contributed by atoms with Gasteiger partial charge in [0.05, 0.1) is 29.4 Å². The zero-order chi connectivity index (χ0) is 15.6. The average molecular weight is 365 g/mol. The topological polar surface area (TPSA) is 87.7 Å². The maximum Gasteiger partial charge on any atom is 0.319 e. The second-order valence-electron chi connectivity index (χ2n) is 4.43. The van der Waals surface area contributed by atoms with Gasteiger partial charge in [0.25, 0.3) is 0 Å². The molecule has 0 spiro atoms. The predicted octanol–water partition coefficient (Wildman–Crippen LogP) is 1.95. The normalized spacial score (nSPS) is 21.1. The summed E-state index contributed by atoms with van der Waals surface area (Å²) in [6.45, 7) is 0.0523. The molecule has 114 valence electrons. The van der Waals surface area contributed by atoms with Gasteiger partial charge in [0.15, 0.2) is 0 Å². The van der Waals surface area contributed by atoms with E-state index in [4.69, 9.17) is 9.84 Å². The number of carboxylic acid groups (broad SMARTS) is 1. The number of anilines is 1. The number of halogens is 3. The van der Waals surface area contributed by atoms with E-state index in [1.54, 1.807) is 0 Å². The maximum absolute atomic E-state index is 13.5. The first-order valence-corrected chi connectivity index (χ1v) is 6.70. The highest BCUT2D eigenvalue weighted by molar-refractivity contribution is 9.10. The highest BCUT2D eigenvalue weighted by Gasteiger charge is 2.35. The zero-order valence-electron chi connectivity index (χ0n) is 10.5. The van der Waals surface area contributed by atoms with Crippen LogP contribution in [0.2, 0.25) is 0 Å². The van der Waals surface area contributed by atoms with Gasteiger partial charge < -0.3 is 20.5 Å². The van der Waals surface area contributed by atoms with E-state index in [1.807, 2.05) is 0 Å². The minimum atomic E-state index is -1.09. The summed E-state index contributed by atoms with van der Waals surface area (Å²) in [6.07, 6.45) is 0. The second-order valence-corrected chi connectivity index (χ2v) is 5.29. The lowest BCUT2D eigenvalue weighted by atomic mass is 10.0. The van der Waals surface area contributed by atoms with E-state index in [2.05, 4.69) is 26.6 Å². The number of urea groups is 1. The average Bonchev–Trinajstić information content (AvgIpc) is 2.84. The molecule has 1 heterocycles. The monoisotopic (exact) mass is 364 g/mol. The van der Waals surface area contributed by atoms with Crippen molar-refractivity contribution in [1.82, 2.24) is 5.32 Å². The van der Waals surface area contributed by atoms with Gasteiger partial charge in [-0.3, -0.25) is 4.79 Å². The minimum absolute atomic E-state index is 0.00324. The van der Waals surface area contributed by atoms with Gasteiger partial charge in [0.1, 0.15) is 17.6 Å². The Morgan fingerprint density at radius 1 is 1.29 bits per heavy atom. The highest BCUT2D eigenvalue weighted by Crippen LogP contribution is 2.23. The van der Waals surface area contributed by atoms with Crippen LogP contribution in [-0.2, 0) is 9.53 Å². The number of hydrogen-bond donors (Lipinski definition) is 3. The van der Waals surface area contributed by atoms with Gasteiger partial charge in [-0.05, 0) is 22.0 Å². The van der Waals surface area contributed by atoms with Crippen LogP contribution in [0.5, 0.6) is 0 Å². The summed E-state index contributed by atoms with van der Waals surface area (Å²) in [5, 5.41) is 13.5. The first kappa shape index (κ1) is 15.6. The number of carbonyl (C=O) groups is 2. The minimum Gasteiger partial charge on any atom is -0.481 e. The van der Waals surface area contributed by atoms with Crippen LogP contribution in [0.3, 0.4) is 0 Å². The number of amides is 2. The lowest BCUT2D eigenvalue weighted by Gasteiger charge is -2.16. The molecule has 1 saturated heterocycles. The van der Waals surface area contributed by atoms with Crippen LogP contribution in [0.1, 0.15) is 0 Å². The summed E-state index contributed by atoms with van der Waals surface area (Å²) >= 11 is 2.88. The van der Waals surface area contributed by atoms with Crippen LogP contribution < -0.4 is 10.6 Å². The molecular weight excluding hydrogens is 354 g/mol. The van der Waals surface area contributed by atoms with Gasteiger partial charge >= 0.3 is 12.0 Å². The summed E-state index contributed by atoms with van der Waals surface area (Å²) in [5.74, 6) is -3.69. The zero-order valence-corrected chi connectivity index (χ0v) is 12.1. The molecule has 2 atom stereocenters. The molecule has 0 bridgehead atoms. The molecule has 9 heteroatoms. The molecule has 1 fully saturated rings. The van der Waals surface area contributed by atoms with Crippen molar-refractivity contribution in [1.29, 1.82) is 0 Å². The highest BCUT2D eigenvalue weighted by atomic mass is 79.9. The summed E-state index contributed by atoms with van der Waals surface area (Å²) in [6, 6.07) is 0.186. The number of carboxylic acids is 1. The van der Waals surface area contributed by atoms with Gasteiger partial charge in [-0.15, -0.1) is 0 Å². The van der Waals surface area contributed by atoms with Gasteiger partial charge in [0, 0.05) is 6.07 Å². The van der Waals surface area contributed by atoms with Crippen molar-refractivity contribution in [2.45, 2.75) is 6.04 Å². The molecule has 21 heavy (non-hydrogen) atoms. The first-order valence-electron chi connectivity index (χ1n) is 5.91. The van der Waals surface area contributed by atoms with Crippen LogP contribution in [0.25, 0.3) is 0 Å². The molecule has 0 saturated carbocycles. The largest absolute Gasteiger partial charge is 0.481 e. The summed E-state index contributed by atoms with van der Waals surface area (Å²) in [7, 11) is 0. The lowest BCUT2D eigenvalue weighted by Crippen LogP contribution is -2.44. The van der Waals surface area contributed by atoms with Crippen LogP contribution in [-0.4, -0.2) is 36.4 Å². The van der Waals surface area contributed by atoms with Crippen molar-refractivity contribution in [2.24, 2.45) is 5.92 Å². The SMILES string of the molecule is O=C(Nc1cc(Br)c(F)cc1F)NC1COCC1C(=O)O. The Balaban J connectivity index is 2.02. The molecule has 2 unspecified atom stereocenters. The molecule has 1 aliphatic rings. The van der Waals surface area contributed by atoms with Crippen molar-refractivity contribution >= 4 is 33.6 Å². The number of hydrogen-bond acceptors (Lipinski definition) is 3. The van der Waals surface area contributed by atoms with Crippen LogP contribution in [0, 0.1) is 17.6 Å². The van der Waals surface area contributed by atoms with Crippen LogP contribution in [0.15, 0.2) is 16.6 Å². The van der Waals surface area contributed by atoms with E-state index >= 15 is 0 Å². The number of benzene rings is 1. The molecule has 1 aromatic carbocycles. The molecule has 1 aliphatic heterocycles. The van der Waals surface area contributed by atoms with Gasteiger partial charge in [-0.2, -0.15) is 0 Å². The van der Waals surface area contributed by atoms with Gasteiger partial charge in [-0.25, -0.2) is 13.6 Å². The quantitative estimate of drug-likeness (QED) is 0.715. The van der Waals surface area contributed by atoms with Crippen molar-refractivity contribution in [3.63, 3.8) is 0 Å². The van der Waals surface area contributed by atoms with E-state index in [9.17, 15) is 18.4 Å². The van der Waals surface area contributed by atoms with Crippen molar-refractivity contribution in [2.75, 3.05) is 18.5 Å². The van der Waals surface area contributed by atoms with Crippen LogP contribution in [0.4, 0.5) is 19.3 Å². The predicted molar refractivity (Wildman–Crippen MR) is 71.9 cm³/mol. The van der Waals surface area contributed by atoms with E-state index in [-0.39, 0.29) is 23.4 Å². The maximum atomic E-state index is 13.5. The third-order valence-electron chi connectivity index (χ3n) is 2.97. The number of rotatable bonds is 3. The number of nitrogens with one attached hydrogen (secondary N) is 2. The fourth-order valence-electron chi connectivity index (χ4n) is 1.89. The van der Waals surface area contributed by atoms with Crippen molar-refractivity contribution < 1.29 is 28.2 Å². The first-order chi connectivity index (χ1) is 9.88. The van der Waals surface area contributed by atoms with E-state index in [0.29, 0.717) is 6.07 Å². The number of aliphatic carboxylic acids is 1. The fourth-order valence-corrected chi connectivity index (χ4v) is 2.23. The Morgan fingerprint density at radius 2 is 2.00 bits per heavy atom. The molecule has 0 aromatic heterocycles. The summed E-state index contributed by atoms with van der Waals surface area (Å²) in [5.41, 5.74) is -0.230. The molecule has 0 aliphatic carbocycles. The van der Waals surface area contributed by atoms with E-state index in [1.165, 1.54) is 0 Å². The standard InChI is InChI=1S/C12H11BrF2N2O4/c13-6-1-9(8(15)2-7(6)14)16-12(20)17-10-4-21-3-5(10)11(18)19/h1-2,5,10H,3-4H2,(H,18,19)(H2,16,17,20). The van der Waals surface area contributed by atoms with Gasteiger partial charge in [-0.1, -0.05) is 0 Å². The Morgan fingerprint density at radius 3 is 2.67 bits per heavy atom. The molecule has 6 nitrogen and oxygen atoms in total. The second kappa shape index (κ2) is 6.35. The van der Waals surface area contributed by atoms with E-state index < -0.39 is 35.6 Å². The van der Waals surface area contributed by atoms with E-state index in [0.717, 1.165) is 6.07 Å². The van der Waals surface area contributed by atoms with Gasteiger partial charge in [0.2, 0.25) is 0 Å². The lowest BCUT2D eigenvalue weighted by molar-refractivity contribution is -0.142. The number of carbonyl (C=O) groups excluding carboxylic acids is 1. The molecule has 3 N–H and O–H groups in total. The van der Waals surface area contributed by atoms with Crippen LogP contribution >= 0.6 is 15.9 Å². The number of ether oxygens (including phenoxy) is 1. The van der Waals surface area contributed by atoms with Crippen molar-refractivity contribution in [3.8, 4) is 0 Å². The Bertz CT molecular complexity index is 585. The summed E-state index contributed by atoms with van der Waals surface area (Å²) in [4.78, 5) is 22.7. The molecule has 2 amide bonds. The molecular formula is C12H11BrF2N2O4. The Labute approximate surface area is 126 Å². The fraction of sp³-hybridized carbons (Fsp3) is 0.333. The van der Waals surface area contributed by atoms with Crippen molar-refractivity contribution in [3.05, 3.63) is 28.2 Å². The Hall–Kier alpha value is -1.74. The summed E-state index contributed by atoms with van der Waals surface area (Å²) < 4.78 is 31.5. The molecule has 2 rings (SSSR count). The molecule has 0 radical (unpaired) electrons.